The van der Waals surface area contributed by atoms with Gasteiger partial charge in [-0.3, -0.25) is 10.1 Å². The lowest BCUT2D eigenvalue weighted by Gasteiger charge is -2.21. The van der Waals surface area contributed by atoms with Crippen molar-refractivity contribution in [1.82, 2.24) is 26.1 Å². The van der Waals surface area contributed by atoms with E-state index in [0.29, 0.717) is 24.7 Å². The van der Waals surface area contributed by atoms with Crippen molar-refractivity contribution in [3.05, 3.63) is 46.5 Å². The van der Waals surface area contributed by atoms with Crippen LogP contribution in [0.25, 0.3) is 0 Å². The molecule has 0 spiro atoms. The maximum absolute atomic E-state index is 15.2. The molecule has 1 saturated heterocycles. The summed E-state index contributed by atoms with van der Waals surface area (Å²) in [6.07, 6.45) is 1.96. The minimum Gasteiger partial charge on any atom is -0.453 e. The first kappa shape index (κ1) is 24.9. The average molecular weight is 502 g/mol. The summed E-state index contributed by atoms with van der Waals surface area (Å²) < 4.78 is 45.1. The number of halogens is 2. The zero-order valence-electron chi connectivity index (χ0n) is 18.1. The second-order valence-electron chi connectivity index (χ2n) is 7.56. The number of nitrogens with zero attached hydrogens (tertiary/aromatic N) is 2. The van der Waals surface area contributed by atoms with Crippen molar-refractivity contribution in [1.29, 1.82) is 0 Å². The number of carbonyl (C=O) groups is 1. The highest BCUT2D eigenvalue weighted by Crippen LogP contribution is 2.37. The Labute approximate surface area is 195 Å². The van der Waals surface area contributed by atoms with Crippen LogP contribution in [0.15, 0.2) is 24.4 Å². The van der Waals surface area contributed by atoms with Crippen molar-refractivity contribution in [2.45, 2.75) is 24.9 Å². The van der Waals surface area contributed by atoms with Gasteiger partial charge in [0.05, 0.1) is 30.8 Å². The molecule has 1 aliphatic rings. The van der Waals surface area contributed by atoms with Gasteiger partial charge in [0.25, 0.3) is 0 Å². The first-order valence-electron chi connectivity index (χ1n) is 9.93. The Bertz CT molecular complexity index is 1120. The Morgan fingerprint density at radius 2 is 2.18 bits per heavy atom. The Morgan fingerprint density at radius 1 is 1.42 bits per heavy atom. The van der Waals surface area contributed by atoms with Crippen molar-refractivity contribution in [3.8, 4) is 0 Å². The van der Waals surface area contributed by atoms with Crippen LogP contribution < -0.4 is 26.2 Å². The van der Waals surface area contributed by atoms with Crippen molar-refractivity contribution in [2.75, 3.05) is 36.5 Å². The first-order valence-corrected chi connectivity index (χ1v) is 12.2. The number of hydrogen-bond donors (Lipinski definition) is 5. The molecule has 2 unspecified atom stereocenters. The third-order valence-electron chi connectivity index (χ3n) is 4.85. The van der Waals surface area contributed by atoms with Crippen molar-refractivity contribution < 1.29 is 22.3 Å². The highest BCUT2D eigenvalue weighted by molar-refractivity contribution is 7.92. The molecule has 14 heteroatoms. The molecule has 2 aromatic rings. The summed E-state index contributed by atoms with van der Waals surface area (Å²) in [6.45, 7) is 2.58. The maximum Gasteiger partial charge on any atom is 0.407 e. The molecule has 0 aliphatic carbocycles. The number of amides is 1. The fraction of sp³-hybridized carbons (Fsp3) is 0.421. The number of hydrogen-bond acceptors (Lipinski definition) is 9. The molecule has 1 aromatic carbocycles. The lowest BCUT2D eigenvalue weighted by molar-refractivity contribution is 0.168. The van der Waals surface area contributed by atoms with Crippen LogP contribution in [0.2, 0.25) is 5.02 Å². The molecule has 1 fully saturated rings. The normalized spacial score (nSPS) is 19.1. The molecule has 33 heavy (non-hydrogen) atoms. The van der Waals surface area contributed by atoms with E-state index in [1.807, 2.05) is 0 Å². The van der Waals surface area contributed by atoms with E-state index < -0.39 is 28.0 Å². The highest BCUT2D eigenvalue weighted by Gasteiger charge is 2.34. The van der Waals surface area contributed by atoms with E-state index in [9.17, 15) is 13.2 Å². The molecule has 1 aliphatic heterocycles. The van der Waals surface area contributed by atoms with Crippen LogP contribution in [-0.4, -0.2) is 57.0 Å². The summed E-state index contributed by atoms with van der Waals surface area (Å²) >= 11 is 6.14. The fourth-order valence-corrected chi connectivity index (χ4v) is 4.17. The smallest absolute Gasteiger partial charge is 0.407 e. The van der Waals surface area contributed by atoms with Crippen LogP contribution in [-0.2, 0) is 14.8 Å². The SMILES string of the molecule is COC(=O)N[C@@H](C)CNc1nccc(C2CNNC2c2cc(Cl)cc(NS(C)(=O)=O)c2F)n1. The molecule has 180 valence electrons. The zero-order valence-corrected chi connectivity index (χ0v) is 19.7. The molecule has 5 N–H and O–H groups in total. The van der Waals surface area contributed by atoms with Crippen molar-refractivity contribution in [2.24, 2.45) is 0 Å². The number of hydrazine groups is 1. The van der Waals surface area contributed by atoms with Crippen LogP contribution in [0.3, 0.4) is 0 Å². The molecular weight excluding hydrogens is 477 g/mol. The topological polar surface area (TPSA) is 146 Å². The van der Waals surface area contributed by atoms with Gasteiger partial charge in [-0.15, -0.1) is 0 Å². The number of nitrogens with one attached hydrogen (secondary N) is 5. The number of alkyl carbamates (subject to hydrolysis) is 1. The van der Waals surface area contributed by atoms with Gasteiger partial charge >= 0.3 is 6.09 Å². The predicted molar refractivity (Wildman–Crippen MR) is 122 cm³/mol. The second kappa shape index (κ2) is 10.5. The largest absolute Gasteiger partial charge is 0.453 e. The summed E-state index contributed by atoms with van der Waals surface area (Å²) in [4.78, 5) is 20.0. The van der Waals surface area contributed by atoms with Crippen LogP contribution in [0.5, 0.6) is 0 Å². The van der Waals surface area contributed by atoms with Gasteiger partial charge < -0.3 is 15.4 Å². The van der Waals surface area contributed by atoms with Gasteiger partial charge in [0, 0.05) is 41.8 Å². The molecule has 1 aromatic heterocycles. The Hall–Kier alpha value is -2.74. The van der Waals surface area contributed by atoms with E-state index in [0.717, 1.165) is 6.26 Å². The molecule has 1 amide bonds. The number of anilines is 2. The number of benzene rings is 1. The summed E-state index contributed by atoms with van der Waals surface area (Å²) in [5.74, 6) is -0.702. The van der Waals surface area contributed by atoms with Gasteiger partial charge in [0.15, 0.2) is 5.82 Å². The van der Waals surface area contributed by atoms with Crippen LogP contribution in [0.1, 0.15) is 30.1 Å². The van der Waals surface area contributed by atoms with Crippen LogP contribution in [0.4, 0.5) is 20.8 Å². The summed E-state index contributed by atoms with van der Waals surface area (Å²) in [5, 5.41) is 5.85. The Kier molecular flexibility index (Phi) is 7.89. The quantitative estimate of drug-likeness (QED) is 0.365. The molecule has 0 bridgehead atoms. The molecular formula is C19H25ClFN7O4S. The lowest BCUT2D eigenvalue weighted by atomic mass is 9.91. The molecule has 2 heterocycles. The third kappa shape index (κ3) is 6.63. The number of sulfonamides is 1. The van der Waals surface area contributed by atoms with E-state index in [-0.39, 0.29) is 28.2 Å². The summed E-state index contributed by atoms with van der Waals surface area (Å²) in [6, 6.07) is 3.56. The molecule has 3 rings (SSSR count). The van der Waals surface area contributed by atoms with Gasteiger partial charge in [0.2, 0.25) is 16.0 Å². The molecule has 11 nitrogen and oxygen atoms in total. The first-order chi connectivity index (χ1) is 15.6. The molecule has 0 radical (unpaired) electrons. The average Bonchev–Trinajstić information content (AvgIpc) is 3.23. The fourth-order valence-electron chi connectivity index (χ4n) is 3.40. The van der Waals surface area contributed by atoms with Gasteiger partial charge in [-0.25, -0.2) is 33.0 Å². The summed E-state index contributed by atoms with van der Waals surface area (Å²) in [7, 11) is -2.42. The van der Waals surface area contributed by atoms with Gasteiger partial charge in [-0.05, 0) is 25.1 Å². The Balaban J connectivity index is 1.81. The van der Waals surface area contributed by atoms with Crippen LogP contribution in [0, 0.1) is 5.82 Å². The number of rotatable bonds is 8. The number of ether oxygens (including phenoxy) is 1. The number of aromatic nitrogens is 2. The van der Waals surface area contributed by atoms with Crippen molar-refractivity contribution >= 4 is 39.4 Å². The number of carbonyl (C=O) groups excluding carboxylic acids is 1. The minimum absolute atomic E-state index is 0.183. The predicted octanol–water partition coefficient (Wildman–Crippen LogP) is 1.73. The second-order valence-corrected chi connectivity index (χ2v) is 9.75. The van der Waals surface area contributed by atoms with Crippen molar-refractivity contribution in [3.63, 3.8) is 0 Å². The van der Waals surface area contributed by atoms with E-state index in [4.69, 9.17) is 11.6 Å². The van der Waals surface area contributed by atoms with Gasteiger partial charge in [-0.1, -0.05) is 11.6 Å². The zero-order chi connectivity index (χ0) is 24.2. The van der Waals surface area contributed by atoms with E-state index in [1.165, 1.54) is 19.2 Å². The van der Waals surface area contributed by atoms with E-state index in [1.54, 1.807) is 19.2 Å². The maximum atomic E-state index is 15.2. The molecule has 0 saturated carbocycles. The van der Waals surface area contributed by atoms with E-state index in [2.05, 4.69) is 40.9 Å². The molecule has 3 atom stereocenters. The minimum atomic E-state index is -3.70. The highest BCUT2D eigenvalue weighted by atomic mass is 35.5. The Morgan fingerprint density at radius 3 is 2.88 bits per heavy atom. The monoisotopic (exact) mass is 501 g/mol. The standard InChI is InChI=1S/C19H25ClFN7O4S/c1-10(25-19(29)32-2)8-23-18-22-5-4-14(26-18)13-9-24-27-17(13)12-6-11(20)7-15(16(12)21)28-33(3,30)31/h4-7,10,13,17,24,27-28H,8-9H2,1-3H3,(H,25,29)(H,22,23,26)/t10-,13?,17?/m0/s1. The van der Waals surface area contributed by atoms with Gasteiger partial charge in [0.1, 0.15) is 0 Å². The van der Waals surface area contributed by atoms with Gasteiger partial charge in [-0.2, -0.15) is 0 Å². The number of methoxy groups -OCH3 is 1. The summed E-state index contributed by atoms with van der Waals surface area (Å²) in [5.41, 5.74) is 6.58. The lowest BCUT2D eigenvalue weighted by Crippen LogP contribution is -2.37. The third-order valence-corrected chi connectivity index (χ3v) is 5.66. The van der Waals surface area contributed by atoms with Crippen LogP contribution >= 0.6 is 11.6 Å². The van der Waals surface area contributed by atoms with E-state index >= 15 is 4.39 Å².